The maximum atomic E-state index is 10.3. The molecule has 1 aromatic carbocycles. The number of hydrogen-bond donors (Lipinski definition) is 3. The minimum atomic E-state index is -0.530. The summed E-state index contributed by atoms with van der Waals surface area (Å²) in [4.78, 5) is 2.56. The summed E-state index contributed by atoms with van der Waals surface area (Å²) >= 11 is 4.91. The number of nitrogens with zero attached hydrogens (tertiary/aromatic N) is 1. The second-order valence-electron chi connectivity index (χ2n) is 5.59. The van der Waals surface area contributed by atoms with E-state index in [-0.39, 0.29) is 12.0 Å². The molecule has 4 nitrogen and oxygen atoms in total. The van der Waals surface area contributed by atoms with Crippen molar-refractivity contribution in [2.45, 2.75) is 25.6 Å². The number of β-amino-alcohol motifs (C(OH)–C–C–N with tert-alkyl or cyclic N) is 1. The minimum Gasteiger partial charge on any atom is -0.393 e. The van der Waals surface area contributed by atoms with E-state index in [9.17, 15) is 10.2 Å². The van der Waals surface area contributed by atoms with E-state index >= 15 is 0 Å². The van der Waals surface area contributed by atoms with Crippen molar-refractivity contribution in [3.05, 3.63) is 35.4 Å². The van der Waals surface area contributed by atoms with Crippen molar-refractivity contribution in [1.82, 2.24) is 4.90 Å². The second-order valence-corrected chi connectivity index (χ2v) is 6.03. The van der Waals surface area contributed by atoms with Crippen molar-refractivity contribution >= 4 is 17.2 Å². The van der Waals surface area contributed by atoms with Crippen LogP contribution in [0.15, 0.2) is 24.3 Å². The van der Waals surface area contributed by atoms with Crippen molar-refractivity contribution in [3.63, 3.8) is 0 Å². The van der Waals surface area contributed by atoms with Crippen LogP contribution in [-0.4, -0.2) is 45.8 Å². The number of thiocarbonyl (C=S) groups is 1. The Bertz CT molecular complexity index is 463. The number of aliphatic hydroxyl groups is 2. The van der Waals surface area contributed by atoms with Crippen LogP contribution in [0.3, 0.4) is 0 Å². The summed E-state index contributed by atoms with van der Waals surface area (Å²) in [6.45, 7) is 4.28. The molecule has 0 amide bonds. The highest BCUT2D eigenvalue weighted by molar-refractivity contribution is 7.80. The molecule has 0 radical (unpaired) electrons. The fourth-order valence-electron chi connectivity index (χ4n) is 2.60. The largest absolute Gasteiger partial charge is 0.393 e. The molecule has 0 aromatic heterocycles. The van der Waals surface area contributed by atoms with E-state index in [2.05, 4.69) is 4.90 Å². The molecule has 20 heavy (non-hydrogen) atoms. The number of piperidine rings is 1. The van der Waals surface area contributed by atoms with Gasteiger partial charge in [-0.25, -0.2) is 0 Å². The lowest BCUT2D eigenvalue weighted by molar-refractivity contribution is 0.0147. The highest BCUT2D eigenvalue weighted by Crippen LogP contribution is 2.21. The Kier molecular flexibility index (Phi) is 5.10. The number of benzene rings is 1. The molecular formula is C15H22N2O2S. The van der Waals surface area contributed by atoms with Gasteiger partial charge in [0, 0.05) is 25.2 Å². The van der Waals surface area contributed by atoms with Gasteiger partial charge in [0.15, 0.2) is 0 Å². The molecule has 1 fully saturated rings. The highest BCUT2D eigenvalue weighted by atomic mass is 32.1. The van der Waals surface area contributed by atoms with Gasteiger partial charge in [0.1, 0.15) is 4.99 Å². The fourth-order valence-corrected chi connectivity index (χ4v) is 2.74. The average molecular weight is 294 g/mol. The molecule has 1 saturated heterocycles. The molecule has 1 aromatic rings. The van der Waals surface area contributed by atoms with Crippen molar-refractivity contribution in [2.75, 3.05) is 19.6 Å². The second kappa shape index (κ2) is 6.63. The van der Waals surface area contributed by atoms with Gasteiger partial charge in [0.05, 0.1) is 12.2 Å². The van der Waals surface area contributed by atoms with E-state index in [1.54, 1.807) is 0 Å². The van der Waals surface area contributed by atoms with Gasteiger partial charge in [-0.15, -0.1) is 0 Å². The van der Waals surface area contributed by atoms with Crippen LogP contribution in [0.1, 0.15) is 30.6 Å². The van der Waals surface area contributed by atoms with Gasteiger partial charge in [0.2, 0.25) is 0 Å². The molecule has 1 aliphatic heterocycles. The third-order valence-electron chi connectivity index (χ3n) is 3.96. The number of nitrogens with two attached hydrogens (primary N) is 1. The van der Waals surface area contributed by atoms with Crippen LogP contribution in [0.25, 0.3) is 0 Å². The predicted molar refractivity (Wildman–Crippen MR) is 83.5 cm³/mol. The highest BCUT2D eigenvalue weighted by Gasteiger charge is 2.25. The first kappa shape index (κ1) is 15.4. The van der Waals surface area contributed by atoms with E-state index in [4.69, 9.17) is 18.0 Å². The van der Waals surface area contributed by atoms with E-state index in [0.717, 1.165) is 30.6 Å². The van der Waals surface area contributed by atoms with E-state index in [0.29, 0.717) is 11.5 Å². The first-order valence-corrected chi connectivity index (χ1v) is 7.36. The molecule has 1 heterocycles. The van der Waals surface area contributed by atoms with Gasteiger partial charge in [-0.2, -0.15) is 0 Å². The SMILES string of the molecule is CC1CN(CC(O)c2ccc(C(N)=S)cc2)CCC1O. The summed E-state index contributed by atoms with van der Waals surface area (Å²) in [5, 5.41) is 20.0. The molecule has 3 unspecified atom stereocenters. The van der Waals surface area contributed by atoms with E-state index in [1.165, 1.54) is 0 Å². The standard InChI is InChI=1S/C15H22N2O2S/c1-10-8-17(7-6-13(10)18)9-14(19)11-2-4-12(5-3-11)15(16)20/h2-5,10,13-14,18-19H,6-9H2,1H3,(H2,16,20). The van der Waals surface area contributed by atoms with Gasteiger partial charge in [-0.3, -0.25) is 4.90 Å². The molecule has 5 heteroatoms. The molecular weight excluding hydrogens is 272 g/mol. The van der Waals surface area contributed by atoms with Gasteiger partial charge < -0.3 is 15.9 Å². The predicted octanol–water partition coefficient (Wildman–Crippen LogP) is 1.06. The Morgan fingerprint density at radius 1 is 1.45 bits per heavy atom. The van der Waals surface area contributed by atoms with Crippen LogP contribution in [-0.2, 0) is 0 Å². The first-order valence-electron chi connectivity index (χ1n) is 6.95. The minimum absolute atomic E-state index is 0.215. The Balaban J connectivity index is 1.94. The topological polar surface area (TPSA) is 69.7 Å². The zero-order chi connectivity index (χ0) is 14.7. The molecule has 110 valence electrons. The molecule has 0 spiro atoms. The molecule has 0 bridgehead atoms. The summed E-state index contributed by atoms with van der Waals surface area (Å²) < 4.78 is 0. The Morgan fingerprint density at radius 2 is 2.10 bits per heavy atom. The Hall–Kier alpha value is -1.01. The van der Waals surface area contributed by atoms with Crippen molar-refractivity contribution < 1.29 is 10.2 Å². The van der Waals surface area contributed by atoms with E-state index < -0.39 is 6.10 Å². The zero-order valence-electron chi connectivity index (χ0n) is 11.7. The lowest BCUT2D eigenvalue weighted by Crippen LogP contribution is -2.43. The zero-order valence-corrected chi connectivity index (χ0v) is 12.5. The van der Waals surface area contributed by atoms with Crippen LogP contribution in [0.5, 0.6) is 0 Å². The summed E-state index contributed by atoms with van der Waals surface area (Å²) in [7, 11) is 0. The van der Waals surface area contributed by atoms with Crippen molar-refractivity contribution in [2.24, 2.45) is 11.7 Å². The van der Waals surface area contributed by atoms with Crippen LogP contribution in [0.2, 0.25) is 0 Å². The quantitative estimate of drug-likeness (QED) is 0.724. The summed E-state index contributed by atoms with van der Waals surface area (Å²) in [5.41, 5.74) is 7.23. The van der Waals surface area contributed by atoms with Gasteiger partial charge >= 0.3 is 0 Å². The molecule has 0 saturated carbocycles. The lowest BCUT2D eigenvalue weighted by atomic mass is 9.96. The fraction of sp³-hybridized carbons (Fsp3) is 0.533. The number of likely N-dealkylation sites (tertiary alicyclic amines) is 1. The number of hydrogen-bond acceptors (Lipinski definition) is 4. The smallest absolute Gasteiger partial charge is 0.103 e. The maximum absolute atomic E-state index is 10.3. The van der Waals surface area contributed by atoms with Crippen LogP contribution in [0, 0.1) is 5.92 Å². The molecule has 2 rings (SSSR count). The first-order chi connectivity index (χ1) is 9.47. The molecule has 3 atom stereocenters. The van der Waals surface area contributed by atoms with E-state index in [1.807, 2.05) is 31.2 Å². The maximum Gasteiger partial charge on any atom is 0.103 e. The number of rotatable bonds is 4. The molecule has 1 aliphatic rings. The van der Waals surface area contributed by atoms with Gasteiger partial charge in [-0.1, -0.05) is 43.4 Å². The van der Waals surface area contributed by atoms with Crippen molar-refractivity contribution in [1.29, 1.82) is 0 Å². The average Bonchev–Trinajstić information content (AvgIpc) is 2.43. The third kappa shape index (κ3) is 3.76. The summed E-state index contributed by atoms with van der Waals surface area (Å²) in [5.74, 6) is 0.257. The molecule has 4 N–H and O–H groups in total. The van der Waals surface area contributed by atoms with Crippen LogP contribution < -0.4 is 5.73 Å². The lowest BCUT2D eigenvalue weighted by Gasteiger charge is -2.35. The van der Waals surface area contributed by atoms with Gasteiger partial charge in [0.25, 0.3) is 0 Å². The normalized spacial score (nSPS) is 25.4. The van der Waals surface area contributed by atoms with Crippen LogP contribution >= 0.6 is 12.2 Å². The monoisotopic (exact) mass is 294 g/mol. The third-order valence-corrected chi connectivity index (χ3v) is 4.19. The number of aliphatic hydroxyl groups excluding tert-OH is 2. The summed E-state index contributed by atoms with van der Waals surface area (Å²) in [6, 6.07) is 7.40. The Labute approximate surface area is 125 Å². The molecule has 0 aliphatic carbocycles. The Morgan fingerprint density at radius 3 is 2.65 bits per heavy atom. The van der Waals surface area contributed by atoms with Crippen LogP contribution in [0.4, 0.5) is 0 Å². The summed E-state index contributed by atoms with van der Waals surface area (Å²) in [6.07, 6.45) is 0.0277. The van der Waals surface area contributed by atoms with Gasteiger partial charge in [-0.05, 0) is 17.9 Å². The van der Waals surface area contributed by atoms with Crippen molar-refractivity contribution in [3.8, 4) is 0 Å².